The largest absolute Gasteiger partial charge is 0.493 e. The Labute approximate surface area is 495 Å². The normalized spacial score (nSPS) is 13.8. The number of hydrogen-bond donors (Lipinski definition) is 2. The molecule has 1 aliphatic rings. The summed E-state index contributed by atoms with van der Waals surface area (Å²) in [5.41, 5.74) is 20.3. The first-order valence-electron chi connectivity index (χ1n) is 31.4. The molecule has 0 saturated heterocycles. The maximum absolute atomic E-state index is 11.6. The van der Waals surface area contributed by atoms with Crippen LogP contribution in [-0.2, 0) is 35.0 Å². The minimum Gasteiger partial charge on any atom is -0.493 e. The van der Waals surface area contributed by atoms with E-state index in [0.717, 1.165) is 139 Å². The highest BCUT2D eigenvalue weighted by Crippen LogP contribution is 2.44. The Bertz CT molecular complexity index is 2640. The number of unbranched alkanes of at least 4 members (excludes halogenated alkanes) is 2. The van der Waals surface area contributed by atoms with Crippen LogP contribution in [0.25, 0.3) is 0 Å². The highest BCUT2D eigenvalue weighted by Gasteiger charge is 2.34. The van der Waals surface area contributed by atoms with Gasteiger partial charge >= 0.3 is 0 Å². The molecule has 450 valence electrons. The van der Waals surface area contributed by atoms with Crippen molar-refractivity contribution in [3.63, 3.8) is 0 Å². The first kappa shape index (κ1) is 70.3. The molecule has 3 unspecified atom stereocenters. The monoisotopic (exact) mass is 1110 g/mol. The number of methoxy groups -OCH3 is 1. The summed E-state index contributed by atoms with van der Waals surface area (Å²) in [4.78, 5) is 13.4. The molecule has 5 aromatic rings. The number of rotatable bonds is 27. The molecule has 0 aromatic heterocycles. The molecule has 81 heavy (non-hydrogen) atoms. The van der Waals surface area contributed by atoms with Gasteiger partial charge in [-0.3, -0.25) is 4.79 Å². The Morgan fingerprint density at radius 3 is 1.40 bits per heavy atom. The Kier molecular flexibility index (Phi) is 29.5. The van der Waals surface area contributed by atoms with Crippen LogP contribution in [-0.4, -0.2) is 62.0 Å². The minimum atomic E-state index is -0.271. The molecule has 5 aromatic carbocycles. The summed E-state index contributed by atoms with van der Waals surface area (Å²) < 4.78 is 17.8. The van der Waals surface area contributed by atoms with E-state index in [2.05, 4.69) is 189 Å². The molecule has 7 nitrogen and oxygen atoms in total. The van der Waals surface area contributed by atoms with Crippen molar-refractivity contribution < 1.29 is 24.1 Å². The molecule has 3 atom stereocenters. The smallest absolute Gasteiger partial charge is 0.254 e. The SMILES string of the molecule is CCCCOc1ccc(C(CC)(CC)c2ccc(CCC(OC)C(C)(C)C)c(C)c2)cc1C.CCCCOc1ccc(C(CC)(CCC)c2ccc(CCC(O)C(C)(C)CC)c(C)c2)cc1C.CCN1Cc2ccccc2C1=O.CN. The van der Waals surface area contributed by atoms with Crippen molar-refractivity contribution in [3.05, 3.63) is 164 Å². The lowest BCUT2D eigenvalue weighted by molar-refractivity contribution is 0.0110. The molecule has 1 aliphatic heterocycles. The van der Waals surface area contributed by atoms with Gasteiger partial charge in [-0.15, -0.1) is 0 Å². The lowest BCUT2D eigenvalue weighted by atomic mass is 9.68. The van der Waals surface area contributed by atoms with Gasteiger partial charge in [-0.25, -0.2) is 0 Å². The second kappa shape index (κ2) is 34.0. The molecule has 1 heterocycles. The molecular weight excluding hydrogens is 997 g/mol. The van der Waals surface area contributed by atoms with Gasteiger partial charge in [0, 0.05) is 36.6 Å². The zero-order valence-electron chi connectivity index (χ0n) is 54.7. The van der Waals surface area contributed by atoms with E-state index in [1.54, 1.807) is 0 Å². The molecule has 0 spiro atoms. The Hall–Kier alpha value is -4.95. The second-order valence-electron chi connectivity index (χ2n) is 24.6. The van der Waals surface area contributed by atoms with Crippen LogP contribution in [0.3, 0.4) is 0 Å². The van der Waals surface area contributed by atoms with Crippen molar-refractivity contribution in [2.45, 2.75) is 237 Å². The number of ether oxygens (including phenoxy) is 3. The molecule has 3 N–H and O–H groups in total. The Balaban J connectivity index is 0.000000343. The average molecular weight is 1110 g/mol. The number of carbonyl (C=O) groups excluding carboxylic acids is 1. The summed E-state index contributed by atoms with van der Waals surface area (Å²) in [6.45, 7) is 40.9. The first-order chi connectivity index (χ1) is 38.6. The third-order valence-electron chi connectivity index (χ3n) is 17.9. The van der Waals surface area contributed by atoms with Crippen LogP contribution in [0.2, 0.25) is 0 Å². The van der Waals surface area contributed by atoms with Crippen LogP contribution < -0.4 is 15.2 Å². The lowest BCUT2D eigenvalue weighted by Gasteiger charge is -2.35. The number of nitrogens with two attached hydrogens (primary N) is 1. The summed E-state index contributed by atoms with van der Waals surface area (Å²) >= 11 is 0. The summed E-state index contributed by atoms with van der Waals surface area (Å²) in [7, 11) is 3.34. The van der Waals surface area contributed by atoms with Crippen molar-refractivity contribution >= 4 is 5.91 Å². The standard InChI is InChI=1S/C32H50O2.C31H48O2.C10H11NO.CH5N/c1-9-13-21-34-29-18-17-28(23-25(29)6)32(12-4,20-10-2)27-16-14-26(24(5)22-27)15-19-30(33)31(7,8)11-3;1-10-13-20-33-28-18-17-27(22-24(28)5)31(11-2,12-3)26-16-14-25(23(4)21-26)15-19-29(32-9)30(6,7)8;1-2-11-7-8-5-3-4-6-9(8)10(11)12;1-2/h14,16-18,22-23,30,33H,9-13,15,19-21H2,1-8H3;14,16-18,21-22,29H,10-13,15,19-20H2,1-9H3;3-6H,2,7H2,1H3;2H2,1H3. The Morgan fingerprint density at radius 1 is 0.568 bits per heavy atom. The highest BCUT2D eigenvalue weighted by atomic mass is 16.5. The molecular formula is C74H114N2O5. The number of aliphatic hydroxyl groups is 1. The van der Waals surface area contributed by atoms with Crippen LogP contribution in [0.4, 0.5) is 0 Å². The number of carbonyl (C=O) groups is 1. The van der Waals surface area contributed by atoms with E-state index in [1.807, 2.05) is 43.2 Å². The predicted molar refractivity (Wildman–Crippen MR) is 347 cm³/mol. The van der Waals surface area contributed by atoms with Gasteiger partial charge in [0.05, 0.1) is 25.4 Å². The van der Waals surface area contributed by atoms with Crippen LogP contribution in [0.15, 0.2) is 97.1 Å². The number of hydrogen-bond acceptors (Lipinski definition) is 6. The van der Waals surface area contributed by atoms with Crippen molar-refractivity contribution in [2.75, 3.05) is 33.9 Å². The third kappa shape index (κ3) is 18.8. The number of aryl methyl sites for hydroxylation is 6. The van der Waals surface area contributed by atoms with Crippen LogP contribution in [0.5, 0.6) is 11.5 Å². The van der Waals surface area contributed by atoms with E-state index in [9.17, 15) is 9.90 Å². The minimum absolute atomic E-state index is 0.00840. The summed E-state index contributed by atoms with van der Waals surface area (Å²) in [5, 5.41) is 10.7. The second-order valence-corrected chi connectivity index (χ2v) is 24.6. The highest BCUT2D eigenvalue weighted by molar-refractivity contribution is 5.98. The number of aliphatic hydroxyl groups excluding tert-OH is 1. The van der Waals surface area contributed by atoms with E-state index in [1.165, 1.54) is 62.7 Å². The van der Waals surface area contributed by atoms with Gasteiger partial charge in [-0.1, -0.05) is 181 Å². The predicted octanol–water partition coefficient (Wildman–Crippen LogP) is 18.5. The van der Waals surface area contributed by atoms with Gasteiger partial charge < -0.3 is 30.0 Å². The average Bonchev–Trinajstić information content (AvgIpc) is 3.97. The van der Waals surface area contributed by atoms with Crippen molar-refractivity contribution in [3.8, 4) is 11.5 Å². The van der Waals surface area contributed by atoms with Crippen LogP contribution in [0, 0.1) is 38.5 Å². The fraction of sp³-hybridized carbons (Fsp3) is 0.581. The van der Waals surface area contributed by atoms with Gasteiger partial charge in [0.25, 0.3) is 5.91 Å². The lowest BCUT2D eigenvalue weighted by Crippen LogP contribution is -2.29. The van der Waals surface area contributed by atoms with Gasteiger partial charge in [0.15, 0.2) is 0 Å². The van der Waals surface area contributed by atoms with Crippen molar-refractivity contribution in [1.82, 2.24) is 4.90 Å². The summed E-state index contributed by atoms with van der Waals surface area (Å²) in [6, 6.07) is 35.7. The van der Waals surface area contributed by atoms with Gasteiger partial charge in [0.2, 0.25) is 0 Å². The molecule has 0 radical (unpaired) electrons. The topological polar surface area (TPSA) is 94.2 Å². The van der Waals surface area contributed by atoms with E-state index in [-0.39, 0.29) is 39.8 Å². The number of nitrogens with zero attached hydrogens (tertiary/aromatic N) is 1. The maximum Gasteiger partial charge on any atom is 0.254 e. The quantitative estimate of drug-likeness (QED) is 0.0509. The van der Waals surface area contributed by atoms with Gasteiger partial charge in [0.1, 0.15) is 11.5 Å². The van der Waals surface area contributed by atoms with Gasteiger partial charge in [-0.2, -0.15) is 0 Å². The number of amides is 1. The molecule has 0 aliphatic carbocycles. The zero-order chi connectivity index (χ0) is 60.6. The van der Waals surface area contributed by atoms with E-state index >= 15 is 0 Å². The fourth-order valence-corrected chi connectivity index (χ4v) is 11.8. The molecule has 6 rings (SSSR count). The van der Waals surface area contributed by atoms with Crippen LogP contribution in [0.1, 0.15) is 239 Å². The van der Waals surface area contributed by atoms with E-state index in [0.29, 0.717) is 0 Å². The fourth-order valence-electron chi connectivity index (χ4n) is 11.8. The summed E-state index contributed by atoms with van der Waals surface area (Å²) in [5.74, 6) is 2.21. The van der Waals surface area contributed by atoms with Crippen LogP contribution >= 0.6 is 0 Å². The third-order valence-corrected chi connectivity index (χ3v) is 17.9. The summed E-state index contributed by atoms with van der Waals surface area (Å²) in [6.07, 6.45) is 14.8. The number of fused-ring (bicyclic) bond motifs is 1. The van der Waals surface area contributed by atoms with Crippen molar-refractivity contribution in [1.29, 1.82) is 0 Å². The van der Waals surface area contributed by atoms with E-state index in [4.69, 9.17) is 14.2 Å². The number of benzene rings is 5. The zero-order valence-corrected chi connectivity index (χ0v) is 54.7. The Morgan fingerprint density at radius 2 is 1.01 bits per heavy atom. The molecule has 0 fully saturated rings. The van der Waals surface area contributed by atoms with E-state index < -0.39 is 0 Å². The molecule has 0 saturated carbocycles. The van der Waals surface area contributed by atoms with Gasteiger partial charge in [-0.05, 0) is 203 Å². The maximum atomic E-state index is 11.6. The first-order valence-corrected chi connectivity index (χ1v) is 31.4. The molecule has 0 bridgehead atoms. The van der Waals surface area contributed by atoms with Crippen molar-refractivity contribution in [2.24, 2.45) is 16.6 Å². The molecule has 7 heteroatoms. The molecule has 1 amide bonds.